The molecule has 0 saturated carbocycles. The second-order valence-corrected chi connectivity index (χ2v) is 4.83. The van der Waals surface area contributed by atoms with Crippen molar-refractivity contribution in [1.82, 2.24) is 5.43 Å². The molecule has 0 aromatic heterocycles. The fraction of sp³-hybridized carbons (Fsp3) is 0.125. The number of nitrogen functional groups attached to an aromatic ring is 1. The molecule has 0 aliphatic heterocycles. The Morgan fingerprint density at radius 1 is 1.20 bits per heavy atom. The smallest absolute Gasteiger partial charge is 0.265 e. The average Bonchev–Trinajstić information content (AvgIpc) is 2.15. The van der Waals surface area contributed by atoms with E-state index in [0.717, 1.165) is 0 Å². The number of rotatable bonds is 1. The third kappa shape index (κ3) is 4.05. The Bertz CT molecular complexity index is 333. The molecule has 15 heavy (non-hydrogen) atoms. The van der Waals surface area contributed by atoms with E-state index in [9.17, 15) is 4.79 Å². The van der Waals surface area contributed by atoms with Gasteiger partial charge in [-0.15, -0.1) is 12.4 Å². The maximum absolute atomic E-state index is 11.0. The van der Waals surface area contributed by atoms with Crippen LogP contribution in [0.3, 0.4) is 0 Å². The third-order valence-electron chi connectivity index (χ3n) is 1.61. The summed E-state index contributed by atoms with van der Waals surface area (Å²) in [6.45, 7) is 0. The van der Waals surface area contributed by atoms with Gasteiger partial charge >= 0.3 is 0 Å². The van der Waals surface area contributed by atoms with Crippen molar-refractivity contribution in [3.63, 3.8) is 0 Å². The first-order chi connectivity index (χ1) is 6.45. The topological polar surface area (TPSA) is 55.1 Å². The molecule has 1 aromatic carbocycles. The molecule has 0 atom stereocenters. The van der Waals surface area contributed by atoms with Gasteiger partial charge in [-0.2, -0.15) is 0 Å². The molecule has 1 aromatic rings. The van der Waals surface area contributed by atoms with Crippen molar-refractivity contribution >= 4 is 53.1 Å². The van der Waals surface area contributed by atoms with Crippen molar-refractivity contribution in [2.75, 3.05) is 0 Å². The lowest BCUT2D eigenvalue weighted by Crippen LogP contribution is -2.29. The lowest BCUT2D eigenvalue weighted by Gasteiger charge is -2.11. The summed E-state index contributed by atoms with van der Waals surface area (Å²) in [5.74, 6) is 4.56. The molecule has 1 amide bonds. The first-order valence-corrected chi connectivity index (χ1v) is 4.77. The van der Waals surface area contributed by atoms with Gasteiger partial charge in [-0.1, -0.05) is 46.9 Å². The van der Waals surface area contributed by atoms with Gasteiger partial charge in [-0.05, 0) is 12.1 Å². The van der Waals surface area contributed by atoms with Crippen LogP contribution in [-0.2, 0) is 3.79 Å². The Morgan fingerprint density at radius 2 is 1.67 bits per heavy atom. The van der Waals surface area contributed by atoms with E-state index in [-0.39, 0.29) is 18.3 Å². The van der Waals surface area contributed by atoms with E-state index >= 15 is 0 Å². The van der Waals surface area contributed by atoms with Crippen molar-refractivity contribution < 1.29 is 4.79 Å². The number of carbonyl (C=O) groups excluding carboxylic acids is 1. The Labute approximate surface area is 108 Å². The van der Waals surface area contributed by atoms with E-state index in [1.54, 1.807) is 12.1 Å². The van der Waals surface area contributed by atoms with Crippen LogP contribution >= 0.6 is 47.2 Å². The summed E-state index contributed by atoms with van der Waals surface area (Å²) in [6.07, 6.45) is 0. The number of carbonyl (C=O) groups is 1. The maximum atomic E-state index is 11.0. The van der Waals surface area contributed by atoms with Crippen LogP contribution < -0.4 is 11.3 Å². The van der Waals surface area contributed by atoms with Gasteiger partial charge in [-0.3, -0.25) is 10.2 Å². The van der Waals surface area contributed by atoms with E-state index in [1.165, 1.54) is 12.1 Å². The number of nitrogens with two attached hydrogens (primary N) is 1. The van der Waals surface area contributed by atoms with E-state index < -0.39 is 3.79 Å². The first-order valence-electron chi connectivity index (χ1n) is 3.63. The van der Waals surface area contributed by atoms with Gasteiger partial charge in [0.1, 0.15) is 0 Å². The maximum Gasteiger partial charge on any atom is 0.265 e. The van der Waals surface area contributed by atoms with Gasteiger partial charge in [0, 0.05) is 11.1 Å². The zero-order valence-corrected chi connectivity index (χ0v) is 10.4. The molecular weight excluding hydrogens is 282 g/mol. The molecule has 84 valence electrons. The fourth-order valence-corrected chi connectivity index (χ4v) is 1.27. The lowest BCUT2D eigenvalue weighted by atomic mass is 10.1. The van der Waals surface area contributed by atoms with Crippen LogP contribution in [0, 0.1) is 0 Å². The van der Waals surface area contributed by atoms with E-state index in [0.29, 0.717) is 11.1 Å². The molecule has 1 rings (SSSR count). The summed E-state index contributed by atoms with van der Waals surface area (Å²) < 4.78 is -1.47. The predicted molar refractivity (Wildman–Crippen MR) is 64.6 cm³/mol. The summed E-state index contributed by atoms with van der Waals surface area (Å²) >= 11 is 16.9. The second-order valence-electron chi connectivity index (χ2n) is 2.55. The van der Waals surface area contributed by atoms with Gasteiger partial charge < -0.3 is 0 Å². The molecule has 0 unspecified atom stereocenters. The molecule has 0 aliphatic carbocycles. The van der Waals surface area contributed by atoms with Crippen molar-refractivity contribution in [3.05, 3.63) is 35.4 Å². The van der Waals surface area contributed by atoms with Gasteiger partial charge in [0.15, 0.2) is 0 Å². The summed E-state index contributed by atoms with van der Waals surface area (Å²) in [6, 6.07) is 6.16. The molecule has 0 spiro atoms. The van der Waals surface area contributed by atoms with Crippen LogP contribution in [0.25, 0.3) is 0 Å². The summed E-state index contributed by atoms with van der Waals surface area (Å²) in [4.78, 5) is 11.0. The lowest BCUT2D eigenvalue weighted by molar-refractivity contribution is 0.0953. The number of hydrogen-bond acceptors (Lipinski definition) is 2. The Balaban J connectivity index is 0.00000196. The van der Waals surface area contributed by atoms with Crippen LogP contribution in [0.4, 0.5) is 0 Å². The highest BCUT2D eigenvalue weighted by atomic mass is 35.6. The number of hydrazine groups is 1. The SMILES string of the molecule is Cl.NNC(=O)c1ccc(C(Cl)(Cl)Cl)cc1. The van der Waals surface area contributed by atoms with E-state index in [4.69, 9.17) is 40.6 Å². The molecular formula is C8H8Cl4N2O. The van der Waals surface area contributed by atoms with E-state index in [1.807, 2.05) is 5.43 Å². The molecule has 0 heterocycles. The van der Waals surface area contributed by atoms with Crippen LogP contribution in [0.1, 0.15) is 15.9 Å². The molecule has 3 N–H and O–H groups in total. The number of hydrogen-bond donors (Lipinski definition) is 2. The molecule has 0 fully saturated rings. The van der Waals surface area contributed by atoms with Gasteiger partial charge in [0.2, 0.25) is 3.79 Å². The minimum atomic E-state index is -1.47. The predicted octanol–water partition coefficient (Wildman–Crippen LogP) is 2.54. The van der Waals surface area contributed by atoms with Crippen molar-refractivity contribution in [3.8, 4) is 0 Å². The van der Waals surface area contributed by atoms with Crippen molar-refractivity contribution in [2.45, 2.75) is 3.79 Å². The highest BCUT2D eigenvalue weighted by molar-refractivity contribution is 6.66. The zero-order valence-electron chi connectivity index (χ0n) is 7.34. The van der Waals surface area contributed by atoms with Crippen LogP contribution in [0.15, 0.2) is 24.3 Å². The second kappa shape index (κ2) is 5.77. The van der Waals surface area contributed by atoms with Crippen molar-refractivity contribution in [1.29, 1.82) is 0 Å². The molecule has 0 saturated heterocycles. The molecule has 0 radical (unpaired) electrons. The zero-order chi connectivity index (χ0) is 10.8. The molecule has 0 aliphatic rings. The normalized spacial score (nSPS) is 10.4. The summed E-state index contributed by atoms with van der Waals surface area (Å²) in [5, 5.41) is 0. The number of benzene rings is 1. The first kappa shape index (κ1) is 14.8. The number of alkyl halides is 3. The minimum Gasteiger partial charge on any atom is -0.290 e. The number of halogens is 4. The highest BCUT2D eigenvalue weighted by Crippen LogP contribution is 2.37. The van der Waals surface area contributed by atoms with Crippen LogP contribution in [0.5, 0.6) is 0 Å². The van der Waals surface area contributed by atoms with Crippen LogP contribution in [-0.4, -0.2) is 5.91 Å². The quantitative estimate of drug-likeness (QED) is 0.361. The monoisotopic (exact) mass is 288 g/mol. The molecule has 3 nitrogen and oxygen atoms in total. The summed E-state index contributed by atoms with van der Waals surface area (Å²) in [5.41, 5.74) is 2.91. The standard InChI is InChI=1S/C8H7Cl3N2O.ClH/c9-8(10,11)6-3-1-5(2-4-6)7(14)13-12;/h1-4H,12H2,(H,13,14);1H. The van der Waals surface area contributed by atoms with Gasteiger partial charge in [0.25, 0.3) is 5.91 Å². The van der Waals surface area contributed by atoms with Gasteiger partial charge in [-0.25, -0.2) is 5.84 Å². The average molecular weight is 290 g/mol. The number of nitrogens with one attached hydrogen (secondary N) is 1. The third-order valence-corrected chi connectivity index (χ3v) is 2.26. The van der Waals surface area contributed by atoms with Gasteiger partial charge in [0.05, 0.1) is 0 Å². The highest BCUT2D eigenvalue weighted by Gasteiger charge is 2.22. The summed E-state index contributed by atoms with van der Waals surface area (Å²) in [7, 11) is 0. The fourth-order valence-electron chi connectivity index (χ4n) is 0.894. The molecule has 0 bridgehead atoms. The minimum absolute atomic E-state index is 0. The van der Waals surface area contributed by atoms with E-state index in [2.05, 4.69) is 0 Å². The number of amides is 1. The Hall–Kier alpha value is -0.190. The molecule has 7 heteroatoms. The van der Waals surface area contributed by atoms with Crippen LogP contribution in [0.2, 0.25) is 0 Å². The Morgan fingerprint density at radius 3 is 2.00 bits per heavy atom. The largest absolute Gasteiger partial charge is 0.290 e. The van der Waals surface area contributed by atoms with Crippen molar-refractivity contribution in [2.24, 2.45) is 5.84 Å². The Kier molecular flexibility index (Phi) is 5.70.